The number of ether oxygens (including phenoxy) is 1. The molecule has 144 valence electrons. The zero-order chi connectivity index (χ0) is 19.2. The van der Waals surface area contributed by atoms with Crippen LogP contribution in [-0.4, -0.2) is 47.3 Å². The van der Waals surface area contributed by atoms with E-state index in [-0.39, 0.29) is 17.8 Å². The highest BCUT2D eigenvalue weighted by Gasteiger charge is 2.28. The van der Waals surface area contributed by atoms with Crippen molar-refractivity contribution >= 4 is 40.0 Å². The minimum atomic E-state index is -0.420. The van der Waals surface area contributed by atoms with Gasteiger partial charge in [-0.25, -0.2) is 0 Å². The molecule has 1 aromatic carbocycles. The minimum Gasteiger partial charge on any atom is -0.379 e. The maximum absolute atomic E-state index is 10.8. The van der Waals surface area contributed by atoms with Crippen LogP contribution in [0.5, 0.6) is 0 Å². The van der Waals surface area contributed by atoms with E-state index in [0.29, 0.717) is 10.8 Å². The third-order valence-corrected chi connectivity index (χ3v) is 5.60. The number of anilines is 1. The molecule has 1 aliphatic rings. The van der Waals surface area contributed by atoms with Crippen LogP contribution in [0.25, 0.3) is 0 Å². The molecule has 3 rings (SSSR count). The van der Waals surface area contributed by atoms with Gasteiger partial charge in [0, 0.05) is 41.8 Å². The number of non-ortho nitro benzene ring substituents is 1. The summed E-state index contributed by atoms with van der Waals surface area (Å²) in [6.45, 7) is 5.36. The molecule has 1 fully saturated rings. The minimum absolute atomic E-state index is 0.0536. The summed E-state index contributed by atoms with van der Waals surface area (Å²) in [6.07, 6.45) is 0. The fourth-order valence-corrected chi connectivity index (χ4v) is 4.44. The molecule has 0 radical (unpaired) electrons. The van der Waals surface area contributed by atoms with Crippen molar-refractivity contribution < 1.29 is 9.66 Å². The van der Waals surface area contributed by atoms with Gasteiger partial charge in [-0.05, 0) is 42.7 Å². The van der Waals surface area contributed by atoms with Gasteiger partial charge in [0.2, 0.25) is 0 Å². The molecule has 1 aliphatic heterocycles. The lowest BCUT2D eigenvalue weighted by atomic mass is 10.1. The molecular weight excluding hydrogens is 384 g/mol. The number of thiophene rings is 1. The van der Waals surface area contributed by atoms with Gasteiger partial charge < -0.3 is 15.4 Å². The van der Waals surface area contributed by atoms with Gasteiger partial charge in [-0.3, -0.25) is 15.0 Å². The zero-order valence-corrected chi connectivity index (χ0v) is 16.6. The Morgan fingerprint density at radius 1 is 1.30 bits per heavy atom. The second-order valence-electron chi connectivity index (χ2n) is 6.30. The second kappa shape index (κ2) is 9.23. The Morgan fingerprint density at radius 3 is 2.59 bits per heavy atom. The van der Waals surface area contributed by atoms with E-state index >= 15 is 0 Å². The van der Waals surface area contributed by atoms with Crippen LogP contribution in [0.15, 0.2) is 41.8 Å². The Morgan fingerprint density at radius 2 is 2.00 bits per heavy atom. The van der Waals surface area contributed by atoms with Gasteiger partial charge in [0.15, 0.2) is 5.11 Å². The van der Waals surface area contributed by atoms with Crippen molar-refractivity contribution in [3.05, 3.63) is 56.8 Å². The first kappa shape index (κ1) is 19.7. The average molecular weight is 407 g/mol. The molecule has 2 heterocycles. The van der Waals surface area contributed by atoms with E-state index in [2.05, 4.69) is 40.0 Å². The molecule has 1 saturated heterocycles. The Kier molecular flexibility index (Phi) is 6.73. The third-order valence-electron chi connectivity index (χ3n) is 4.44. The SMILES string of the molecule is C[C@@H](NC(=S)Nc1ccc([N+](=O)[O-])cc1)[C@@H](c1cccs1)N1CCOCC1. The number of thiocarbonyl (C=S) groups is 1. The van der Waals surface area contributed by atoms with E-state index in [0.717, 1.165) is 26.3 Å². The lowest BCUT2D eigenvalue weighted by Gasteiger charge is -2.38. The summed E-state index contributed by atoms with van der Waals surface area (Å²) in [5.41, 5.74) is 0.766. The molecule has 9 heteroatoms. The van der Waals surface area contributed by atoms with Crippen LogP contribution in [0.4, 0.5) is 11.4 Å². The highest BCUT2D eigenvalue weighted by atomic mass is 32.1. The first-order chi connectivity index (χ1) is 13.0. The topological polar surface area (TPSA) is 79.7 Å². The number of nitrogens with one attached hydrogen (secondary N) is 2. The predicted molar refractivity (Wildman–Crippen MR) is 111 cm³/mol. The largest absolute Gasteiger partial charge is 0.379 e. The Labute approximate surface area is 167 Å². The molecule has 1 aromatic heterocycles. The van der Waals surface area contributed by atoms with Crippen molar-refractivity contribution in [2.75, 3.05) is 31.6 Å². The Balaban J connectivity index is 1.64. The summed E-state index contributed by atoms with van der Waals surface area (Å²) < 4.78 is 5.49. The van der Waals surface area contributed by atoms with Crippen LogP contribution >= 0.6 is 23.6 Å². The average Bonchev–Trinajstić information content (AvgIpc) is 3.17. The number of benzene rings is 1. The van der Waals surface area contributed by atoms with Crippen molar-refractivity contribution in [3.63, 3.8) is 0 Å². The molecule has 7 nitrogen and oxygen atoms in total. The predicted octanol–water partition coefficient (Wildman–Crippen LogP) is 3.40. The van der Waals surface area contributed by atoms with Crippen molar-refractivity contribution in [2.24, 2.45) is 0 Å². The first-order valence-electron chi connectivity index (χ1n) is 8.72. The quantitative estimate of drug-likeness (QED) is 0.432. The molecule has 27 heavy (non-hydrogen) atoms. The van der Waals surface area contributed by atoms with Crippen molar-refractivity contribution in [1.82, 2.24) is 10.2 Å². The van der Waals surface area contributed by atoms with E-state index < -0.39 is 4.92 Å². The van der Waals surface area contributed by atoms with Crippen molar-refractivity contribution in [2.45, 2.75) is 19.0 Å². The maximum Gasteiger partial charge on any atom is 0.269 e. The smallest absolute Gasteiger partial charge is 0.269 e. The molecular formula is C18H22N4O3S2. The lowest BCUT2D eigenvalue weighted by Crippen LogP contribution is -2.49. The Hall–Kier alpha value is -2.07. The monoisotopic (exact) mass is 406 g/mol. The van der Waals surface area contributed by atoms with Gasteiger partial charge in [0.25, 0.3) is 5.69 Å². The number of rotatable bonds is 6. The normalized spacial score (nSPS) is 17.1. The molecule has 0 saturated carbocycles. The van der Waals surface area contributed by atoms with Gasteiger partial charge in [0.05, 0.1) is 24.2 Å². The first-order valence-corrected chi connectivity index (χ1v) is 10.0. The molecule has 0 aliphatic carbocycles. The number of nitro benzene ring substituents is 1. The molecule has 2 N–H and O–H groups in total. The number of nitrogens with zero attached hydrogens (tertiary/aromatic N) is 2. The fourth-order valence-electron chi connectivity index (χ4n) is 3.18. The molecule has 0 spiro atoms. The molecule has 2 atom stereocenters. The maximum atomic E-state index is 10.8. The molecule has 0 unspecified atom stereocenters. The van der Waals surface area contributed by atoms with Crippen LogP contribution in [0.2, 0.25) is 0 Å². The molecule has 2 aromatic rings. The summed E-state index contributed by atoms with van der Waals surface area (Å²) >= 11 is 7.19. The van der Waals surface area contributed by atoms with Gasteiger partial charge in [-0.15, -0.1) is 11.3 Å². The van der Waals surface area contributed by atoms with Crippen LogP contribution in [0, 0.1) is 10.1 Å². The highest BCUT2D eigenvalue weighted by molar-refractivity contribution is 7.80. The van der Waals surface area contributed by atoms with E-state index in [4.69, 9.17) is 17.0 Å². The second-order valence-corrected chi connectivity index (χ2v) is 7.69. The van der Waals surface area contributed by atoms with Crippen molar-refractivity contribution in [3.8, 4) is 0 Å². The van der Waals surface area contributed by atoms with Crippen LogP contribution < -0.4 is 10.6 Å². The van der Waals surface area contributed by atoms with Crippen LogP contribution in [0.1, 0.15) is 17.8 Å². The van der Waals surface area contributed by atoms with Gasteiger partial charge >= 0.3 is 0 Å². The summed E-state index contributed by atoms with van der Waals surface area (Å²) in [4.78, 5) is 14.0. The highest BCUT2D eigenvalue weighted by Crippen LogP contribution is 2.29. The van der Waals surface area contributed by atoms with Gasteiger partial charge in [0.1, 0.15) is 0 Å². The molecule has 0 amide bonds. The van der Waals surface area contributed by atoms with Gasteiger partial charge in [-0.1, -0.05) is 6.07 Å². The number of nitro groups is 1. The summed E-state index contributed by atoms with van der Waals surface area (Å²) in [5, 5.41) is 19.8. The van der Waals surface area contributed by atoms with E-state index in [1.165, 1.54) is 17.0 Å². The number of hydrogen-bond donors (Lipinski definition) is 2. The van der Waals surface area contributed by atoms with Crippen molar-refractivity contribution in [1.29, 1.82) is 0 Å². The number of hydrogen-bond acceptors (Lipinski definition) is 6. The van der Waals surface area contributed by atoms with Gasteiger partial charge in [-0.2, -0.15) is 0 Å². The van der Waals surface area contributed by atoms with E-state index in [9.17, 15) is 10.1 Å². The van der Waals surface area contributed by atoms with Crippen LogP contribution in [-0.2, 0) is 4.74 Å². The summed E-state index contributed by atoms with van der Waals surface area (Å²) in [5.74, 6) is 0. The summed E-state index contributed by atoms with van der Waals surface area (Å²) in [7, 11) is 0. The van der Waals surface area contributed by atoms with Crippen LogP contribution in [0.3, 0.4) is 0 Å². The standard InChI is InChI=1S/C18H22N4O3S2/c1-13(17(16-3-2-12-27-16)21-8-10-25-11-9-21)19-18(26)20-14-4-6-15(7-5-14)22(23)24/h2-7,12-13,17H,8-11H2,1H3,(H2,19,20,26)/t13-,17+/m1/s1. The molecule has 0 bridgehead atoms. The number of morpholine rings is 1. The lowest BCUT2D eigenvalue weighted by molar-refractivity contribution is -0.384. The van der Waals surface area contributed by atoms with E-state index in [1.807, 2.05) is 0 Å². The third kappa shape index (κ3) is 5.23. The van der Waals surface area contributed by atoms with E-state index in [1.54, 1.807) is 23.5 Å². The summed E-state index contributed by atoms with van der Waals surface area (Å²) in [6, 6.07) is 10.7. The fraction of sp³-hybridized carbons (Fsp3) is 0.389. The zero-order valence-electron chi connectivity index (χ0n) is 15.0. The Bertz CT molecular complexity index is 761.